The Labute approximate surface area is 184 Å². The van der Waals surface area contributed by atoms with E-state index in [4.69, 9.17) is 9.47 Å². The van der Waals surface area contributed by atoms with Crippen LogP contribution in [0, 0.1) is 5.82 Å². The van der Waals surface area contributed by atoms with E-state index in [1.807, 2.05) is 0 Å². The highest BCUT2D eigenvalue weighted by Crippen LogP contribution is 2.35. The molecule has 1 unspecified atom stereocenters. The Morgan fingerprint density at radius 2 is 1.88 bits per heavy atom. The molecule has 9 heteroatoms. The van der Waals surface area contributed by atoms with Gasteiger partial charge in [0.05, 0.1) is 43.4 Å². The molecule has 1 aliphatic rings. The van der Waals surface area contributed by atoms with Crippen molar-refractivity contribution in [1.82, 2.24) is 15.1 Å². The highest BCUT2D eigenvalue weighted by Gasteiger charge is 2.34. The lowest BCUT2D eigenvalue weighted by Crippen LogP contribution is -2.41. The smallest absolute Gasteiger partial charge is 0.258 e. The zero-order valence-corrected chi connectivity index (χ0v) is 18.0. The number of aryl methyl sites for hydroxylation is 1. The number of benzene rings is 2. The molecule has 0 aliphatic carbocycles. The van der Waals surface area contributed by atoms with Crippen LogP contribution in [0.4, 0.5) is 10.1 Å². The minimum absolute atomic E-state index is 0.0277. The Morgan fingerprint density at radius 1 is 1.12 bits per heavy atom. The Hall–Kier alpha value is -3.88. The third-order valence-corrected chi connectivity index (χ3v) is 5.53. The van der Waals surface area contributed by atoms with Crippen LogP contribution in [0.3, 0.4) is 0 Å². The predicted octanol–water partition coefficient (Wildman–Crippen LogP) is 3.10. The number of hydrogen-bond donors (Lipinski definition) is 1. The summed E-state index contributed by atoms with van der Waals surface area (Å²) in [6, 6.07) is 10.4. The summed E-state index contributed by atoms with van der Waals surface area (Å²) in [5.41, 5.74) is 1.68. The molecule has 8 nitrogen and oxygen atoms in total. The van der Waals surface area contributed by atoms with E-state index in [1.54, 1.807) is 47.1 Å². The van der Waals surface area contributed by atoms with Crippen molar-refractivity contribution in [2.45, 2.75) is 12.5 Å². The van der Waals surface area contributed by atoms with E-state index in [0.29, 0.717) is 41.4 Å². The fourth-order valence-electron chi connectivity index (χ4n) is 3.92. The summed E-state index contributed by atoms with van der Waals surface area (Å²) in [7, 11) is 4.78. The highest BCUT2D eigenvalue weighted by atomic mass is 19.1. The SMILES string of the molecule is COc1ccc(C(=O)N2CCC(NC(=O)c3ccccc3F)c3c2cnn3C)cc1OC. The Bertz CT molecular complexity index is 1180. The number of carbonyl (C=O) groups is 2. The second-order valence-electron chi connectivity index (χ2n) is 7.36. The molecule has 1 aliphatic heterocycles. The number of aromatic nitrogens is 2. The molecule has 166 valence electrons. The summed E-state index contributed by atoms with van der Waals surface area (Å²) < 4.78 is 26.2. The van der Waals surface area contributed by atoms with Crippen LogP contribution in [-0.4, -0.2) is 42.4 Å². The van der Waals surface area contributed by atoms with E-state index in [-0.39, 0.29) is 11.5 Å². The number of hydrogen-bond acceptors (Lipinski definition) is 5. The standard InChI is InChI=1S/C23H23FN4O4/c1-27-21-17(26-22(29)15-6-4-5-7-16(15)24)10-11-28(18(21)13-25-27)23(30)14-8-9-19(31-2)20(12-14)32-3/h4-9,12-13,17H,10-11H2,1-3H3,(H,26,29). The minimum atomic E-state index is -0.587. The van der Waals surface area contributed by atoms with E-state index in [1.165, 1.54) is 32.4 Å². The van der Waals surface area contributed by atoms with Crippen LogP contribution >= 0.6 is 0 Å². The van der Waals surface area contributed by atoms with Crippen LogP contribution in [0.2, 0.25) is 0 Å². The lowest BCUT2D eigenvalue weighted by molar-refractivity contribution is 0.0927. The Morgan fingerprint density at radius 3 is 2.59 bits per heavy atom. The van der Waals surface area contributed by atoms with Crippen molar-refractivity contribution in [2.24, 2.45) is 7.05 Å². The first-order chi connectivity index (χ1) is 15.4. The molecule has 0 saturated heterocycles. The number of methoxy groups -OCH3 is 2. The maximum absolute atomic E-state index is 14.0. The topological polar surface area (TPSA) is 85.7 Å². The molecule has 0 spiro atoms. The lowest BCUT2D eigenvalue weighted by atomic mass is 10.0. The highest BCUT2D eigenvalue weighted by molar-refractivity contribution is 6.07. The maximum atomic E-state index is 14.0. The van der Waals surface area contributed by atoms with Crippen molar-refractivity contribution in [1.29, 1.82) is 0 Å². The van der Waals surface area contributed by atoms with Gasteiger partial charge in [0.2, 0.25) is 0 Å². The third-order valence-electron chi connectivity index (χ3n) is 5.53. The number of amides is 2. The fourth-order valence-corrected chi connectivity index (χ4v) is 3.92. The quantitative estimate of drug-likeness (QED) is 0.662. The second kappa shape index (κ2) is 8.70. The first-order valence-electron chi connectivity index (χ1n) is 10.1. The molecule has 1 aromatic heterocycles. The maximum Gasteiger partial charge on any atom is 0.258 e. The summed E-state index contributed by atoms with van der Waals surface area (Å²) in [5, 5.41) is 7.16. The van der Waals surface area contributed by atoms with Gasteiger partial charge in [-0.25, -0.2) is 4.39 Å². The van der Waals surface area contributed by atoms with Crippen LogP contribution in [0.25, 0.3) is 0 Å². The monoisotopic (exact) mass is 438 g/mol. The van der Waals surface area contributed by atoms with Crippen LogP contribution < -0.4 is 19.7 Å². The van der Waals surface area contributed by atoms with Crippen molar-refractivity contribution < 1.29 is 23.5 Å². The molecular weight excluding hydrogens is 415 g/mol. The fraction of sp³-hybridized carbons (Fsp3) is 0.261. The molecule has 32 heavy (non-hydrogen) atoms. The first kappa shape index (κ1) is 21.4. The first-order valence-corrected chi connectivity index (χ1v) is 10.1. The van der Waals surface area contributed by atoms with Crippen molar-refractivity contribution in [3.63, 3.8) is 0 Å². The second-order valence-corrected chi connectivity index (χ2v) is 7.36. The largest absolute Gasteiger partial charge is 0.493 e. The number of rotatable bonds is 5. The van der Waals surface area contributed by atoms with Crippen molar-refractivity contribution in [2.75, 3.05) is 25.7 Å². The Balaban J connectivity index is 1.61. The molecule has 0 radical (unpaired) electrons. The van der Waals surface area contributed by atoms with Gasteiger partial charge in [-0.05, 0) is 36.8 Å². The van der Waals surface area contributed by atoms with Crippen LogP contribution in [-0.2, 0) is 7.05 Å². The number of carbonyl (C=O) groups excluding carboxylic acids is 2. The summed E-state index contributed by atoms with van der Waals surface area (Å²) in [5.74, 6) is -0.340. The molecule has 3 aromatic rings. The average molecular weight is 438 g/mol. The van der Waals surface area contributed by atoms with Crippen LogP contribution in [0.5, 0.6) is 11.5 Å². The molecule has 2 amide bonds. The van der Waals surface area contributed by atoms with Crippen LogP contribution in [0.1, 0.15) is 38.9 Å². The molecular formula is C23H23FN4O4. The number of nitrogens with one attached hydrogen (secondary N) is 1. The minimum Gasteiger partial charge on any atom is -0.493 e. The summed E-state index contributed by atoms with van der Waals surface area (Å²) in [4.78, 5) is 27.6. The molecule has 0 saturated carbocycles. The molecule has 1 N–H and O–H groups in total. The number of nitrogens with zero attached hydrogens (tertiary/aromatic N) is 3. The number of fused-ring (bicyclic) bond motifs is 1. The molecule has 2 aromatic carbocycles. The van der Waals surface area contributed by atoms with E-state index in [2.05, 4.69) is 10.4 Å². The lowest BCUT2D eigenvalue weighted by Gasteiger charge is -2.32. The van der Waals surface area contributed by atoms with Gasteiger partial charge in [-0.15, -0.1) is 0 Å². The zero-order chi connectivity index (χ0) is 22.8. The van der Waals surface area contributed by atoms with Crippen LogP contribution in [0.15, 0.2) is 48.7 Å². The van der Waals surface area contributed by atoms with Crippen molar-refractivity contribution >= 4 is 17.5 Å². The summed E-state index contributed by atoms with van der Waals surface area (Å²) >= 11 is 0. The van der Waals surface area contributed by atoms with E-state index >= 15 is 0 Å². The number of ether oxygens (including phenoxy) is 2. The number of anilines is 1. The van der Waals surface area contributed by atoms with Gasteiger partial charge in [0, 0.05) is 19.2 Å². The van der Waals surface area contributed by atoms with Gasteiger partial charge in [-0.3, -0.25) is 14.3 Å². The van der Waals surface area contributed by atoms with E-state index < -0.39 is 17.8 Å². The van der Waals surface area contributed by atoms with Crippen molar-refractivity contribution in [3.05, 3.63) is 71.3 Å². The van der Waals surface area contributed by atoms with Gasteiger partial charge in [0.25, 0.3) is 11.8 Å². The molecule has 1 atom stereocenters. The summed E-state index contributed by atoms with van der Waals surface area (Å²) in [6.45, 7) is 0.355. The van der Waals surface area contributed by atoms with Gasteiger partial charge < -0.3 is 19.7 Å². The van der Waals surface area contributed by atoms with Gasteiger partial charge in [0.15, 0.2) is 11.5 Å². The van der Waals surface area contributed by atoms with Crippen molar-refractivity contribution in [3.8, 4) is 11.5 Å². The molecule has 0 fully saturated rings. The third kappa shape index (κ3) is 3.77. The van der Waals surface area contributed by atoms with Gasteiger partial charge in [-0.1, -0.05) is 12.1 Å². The average Bonchev–Trinajstić information content (AvgIpc) is 3.20. The normalized spacial score (nSPS) is 15.1. The predicted molar refractivity (Wildman–Crippen MR) is 116 cm³/mol. The molecule has 0 bridgehead atoms. The van der Waals surface area contributed by atoms with Gasteiger partial charge >= 0.3 is 0 Å². The molecule has 4 rings (SSSR count). The van der Waals surface area contributed by atoms with Gasteiger partial charge in [-0.2, -0.15) is 5.10 Å². The molecule has 2 heterocycles. The Kier molecular flexibility index (Phi) is 5.81. The van der Waals surface area contributed by atoms with Gasteiger partial charge in [0.1, 0.15) is 5.82 Å². The van der Waals surface area contributed by atoms with E-state index in [9.17, 15) is 14.0 Å². The van der Waals surface area contributed by atoms with E-state index in [0.717, 1.165) is 0 Å². The summed E-state index contributed by atoms with van der Waals surface area (Å²) in [6.07, 6.45) is 2.04. The number of halogens is 1. The zero-order valence-electron chi connectivity index (χ0n) is 18.0.